The van der Waals surface area contributed by atoms with Crippen molar-refractivity contribution in [3.63, 3.8) is 0 Å². The molecule has 1 heterocycles. The number of carbonyl (C=O) groups excluding carboxylic acids is 1. The highest BCUT2D eigenvalue weighted by atomic mass is 79.9. The number of anilines is 1. The summed E-state index contributed by atoms with van der Waals surface area (Å²) in [7, 11) is 0. The van der Waals surface area contributed by atoms with Crippen molar-refractivity contribution in [3.05, 3.63) is 28.7 Å². The molecule has 3 rings (SSSR count). The van der Waals surface area contributed by atoms with Crippen LogP contribution >= 0.6 is 15.9 Å². The molecular weight excluding hydrogens is 270 g/mol. The smallest absolute Gasteiger partial charge is 0.253 e. The van der Waals surface area contributed by atoms with Crippen LogP contribution in [0.1, 0.15) is 19.3 Å². The van der Waals surface area contributed by atoms with E-state index in [1.165, 1.54) is 17.9 Å². The molecule has 3 nitrogen and oxygen atoms in total. The van der Waals surface area contributed by atoms with Crippen LogP contribution in [-0.4, -0.2) is 12.0 Å². The van der Waals surface area contributed by atoms with Gasteiger partial charge in [-0.25, -0.2) is 0 Å². The number of hydrogen-bond donors (Lipinski definition) is 0. The van der Waals surface area contributed by atoms with Gasteiger partial charge in [-0.05, 0) is 37.0 Å². The number of nitrogens with zero attached hydrogens (tertiary/aromatic N) is 1. The first-order chi connectivity index (χ1) is 7.74. The molecule has 2 fully saturated rings. The summed E-state index contributed by atoms with van der Waals surface area (Å²) in [6, 6.07) is 7.62. The van der Waals surface area contributed by atoms with Crippen molar-refractivity contribution in [2.75, 3.05) is 5.06 Å². The molecule has 1 atom stereocenters. The lowest BCUT2D eigenvalue weighted by Gasteiger charge is -2.16. The van der Waals surface area contributed by atoms with Crippen molar-refractivity contribution < 1.29 is 9.63 Å². The minimum Gasteiger partial charge on any atom is -0.272 e. The third-order valence-electron chi connectivity index (χ3n) is 3.03. The topological polar surface area (TPSA) is 29.5 Å². The lowest BCUT2D eigenvalue weighted by atomic mass is 10.2. The molecule has 1 unspecified atom stereocenters. The normalized spacial score (nSPS) is 25.2. The SMILES string of the molecule is O=C1CC(C2CC2)ON1c1cccc(Br)c1. The van der Waals surface area contributed by atoms with Gasteiger partial charge >= 0.3 is 0 Å². The van der Waals surface area contributed by atoms with Gasteiger partial charge in [0.2, 0.25) is 0 Å². The molecule has 0 aromatic heterocycles. The highest BCUT2D eigenvalue weighted by Crippen LogP contribution is 2.40. The molecule has 0 spiro atoms. The highest BCUT2D eigenvalue weighted by molar-refractivity contribution is 9.10. The van der Waals surface area contributed by atoms with Gasteiger partial charge in [0, 0.05) is 4.47 Å². The molecule has 0 N–H and O–H groups in total. The fourth-order valence-corrected chi connectivity index (χ4v) is 2.40. The molecule has 1 aliphatic carbocycles. The minimum absolute atomic E-state index is 0.0648. The summed E-state index contributed by atoms with van der Waals surface area (Å²) in [6.45, 7) is 0. The zero-order valence-corrected chi connectivity index (χ0v) is 10.3. The fraction of sp³-hybridized carbons (Fsp3) is 0.417. The number of rotatable bonds is 2. The van der Waals surface area contributed by atoms with Crippen LogP contribution in [0.25, 0.3) is 0 Å². The van der Waals surface area contributed by atoms with Crippen molar-refractivity contribution >= 4 is 27.5 Å². The maximum atomic E-state index is 11.8. The number of halogens is 1. The number of benzene rings is 1. The summed E-state index contributed by atoms with van der Waals surface area (Å²) in [4.78, 5) is 17.5. The number of amides is 1. The van der Waals surface area contributed by atoms with Crippen LogP contribution in [0.4, 0.5) is 5.69 Å². The second kappa shape index (κ2) is 3.86. The standard InChI is InChI=1S/C12H12BrNO2/c13-9-2-1-3-10(6-9)14-12(15)7-11(16-14)8-4-5-8/h1-3,6,8,11H,4-5,7H2. The summed E-state index contributed by atoms with van der Waals surface area (Å²) >= 11 is 3.39. The van der Waals surface area contributed by atoms with E-state index in [4.69, 9.17) is 4.84 Å². The van der Waals surface area contributed by atoms with E-state index in [0.717, 1.165) is 10.2 Å². The van der Waals surface area contributed by atoms with Gasteiger partial charge < -0.3 is 0 Å². The molecule has 0 radical (unpaired) electrons. The van der Waals surface area contributed by atoms with E-state index in [0.29, 0.717) is 12.3 Å². The number of hydrogen-bond acceptors (Lipinski definition) is 2. The molecule has 1 saturated heterocycles. The van der Waals surface area contributed by atoms with Gasteiger partial charge in [-0.3, -0.25) is 9.63 Å². The summed E-state index contributed by atoms with van der Waals surface area (Å²) in [5.41, 5.74) is 0.808. The van der Waals surface area contributed by atoms with E-state index >= 15 is 0 Å². The third kappa shape index (κ3) is 1.87. The predicted octanol–water partition coefficient (Wildman–Crippen LogP) is 2.90. The monoisotopic (exact) mass is 281 g/mol. The molecule has 84 valence electrons. The Morgan fingerprint density at radius 3 is 2.88 bits per heavy atom. The van der Waals surface area contributed by atoms with Gasteiger partial charge in [0.1, 0.15) is 0 Å². The van der Waals surface area contributed by atoms with Crippen LogP contribution in [0.15, 0.2) is 28.7 Å². The van der Waals surface area contributed by atoms with E-state index in [1.54, 1.807) is 0 Å². The van der Waals surface area contributed by atoms with Gasteiger partial charge in [-0.2, -0.15) is 5.06 Å². The molecule has 1 saturated carbocycles. The maximum Gasteiger partial charge on any atom is 0.253 e. The molecule has 1 aliphatic heterocycles. The van der Waals surface area contributed by atoms with Crippen LogP contribution in [0.5, 0.6) is 0 Å². The van der Waals surface area contributed by atoms with Crippen LogP contribution in [-0.2, 0) is 9.63 Å². The molecule has 1 amide bonds. The van der Waals surface area contributed by atoms with E-state index in [1.807, 2.05) is 24.3 Å². The lowest BCUT2D eigenvalue weighted by molar-refractivity contribution is -0.119. The fourth-order valence-electron chi connectivity index (χ4n) is 2.01. The van der Waals surface area contributed by atoms with Gasteiger partial charge in [-0.1, -0.05) is 22.0 Å². The minimum atomic E-state index is 0.0648. The maximum absolute atomic E-state index is 11.8. The zero-order chi connectivity index (χ0) is 11.1. The van der Waals surface area contributed by atoms with Crippen LogP contribution in [0.3, 0.4) is 0 Å². The number of hydroxylamine groups is 1. The Morgan fingerprint density at radius 1 is 1.38 bits per heavy atom. The Labute approximate surface area is 102 Å². The van der Waals surface area contributed by atoms with Crippen molar-refractivity contribution in [1.82, 2.24) is 0 Å². The van der Waals surface area contributed by atoms with Gasteiger partial charge in [0.15, 0.2) is 0 Å². The van der Waals surface area contributed by atoms with Crippen molar-refractivity contribution in [2.45, 2.75) is 25.4 Å². The molecule has 4 heteroatoms. The first-order valence-electron chi connectivity index (χ1n) is 5.49. The largest absolute Gasteiger partial charge is 0.272 e. The molecule has 1 aromatic rings. The Balaban J connectivity index is 1.81. The Kier molecular flexibility index (Phi) is 2.48. The van der Waals surface area contributed by atoms with E-state index in [-0.39, 0.29) is 12.0 Å². The van der Waals surface area contributed by atoms with E-state index in [9.17, 15) is 4.79 Å². The first-order valence-corrected chi connectivity index (χ1v) is 6.28. The summed E-state index contributed by atoms with van der Waals surface area (Å²) in [6.07, 6.45) is 3.03. The second-order valence-corrected chi connectivity index (χ2v) is 5.27. The van der Waals surface area contributed by atoms with Crippen molar-refractivity contribution in [2.24, 2.45) is 5.92 Å². The van der Waals surface area contributed by atoms with Crippen LogP contribution < -0.4 is 5.06 Å². The third-order valence-corrected chi connectivity index (χ3v) is 3.53. The second-order valence-electron chi connectivity index (χ2n) is 4.35. The average Bonchev–Trinajstić information content (AvgIpc) is 3.02. The van der Waals surface area contributed by atoms with Crippen molar-refractivity contribution in [1.29, 1.82) is 0 Å². The molecule has 16 heavy (non-hydrogen) atoms. The summed E-state index contributed by atoms with van der Waals surface area (Å²) < 4.78 is 0.955. The Bertz CT molecular complexity index is 431. The molecular formula is C12H12BrNO2. The molecule has 1 aromatic carbocycles. The lowest BCUT2D eigenvalue weighted by Crippen LogP contribution is -2.23. The van der Waals surface area contributed by atoms with E-state index < -0.39 is 0 Å². The van der Waals surface area contributed by atoms with Crippen LogP contribution in [0, 0.1) is 5.92 Å². The van der Waals surface area contributed by atoms with Gasteiger partial charge in [0.05, 0.1) is 18.2 Å². The van der Waals surface area contributed by atoms with Gasteiger partial charge in [-0.15, -0.1) is 0 Å². The summed E-state index contributed by atoms with van der Waals surface area (Å²) in [5, 5.41) is 1.44. The average molecular weight is 282 g/mol. The first kappa shape index (κ1) is 10.3. The summed E-state index contributed by atoms with van der Waals surface area (Å²) in [5.74, 6) is 0.663. The predicted molar refractivity (Wildman–Crippen MR) is 63.8 cm³/mol. The molecule has 0 bridgehead atoms. The van der Waals surface area contributed by atoms with Crippen molar-refractivity contribution in [3.8, 4) is 0 Å². The zero-order valence-electron chi connectivity index (χ0n) is 8.73. The highest BCUT2D eigenvalue weighted by Gasteiger charge is 2.41. The quantitative estimate of drug-likeness (QED) is 0.834. The Hall–Kier alpha value is -0.870. The number of carbonyl (C=O) groups is 1. The van der Waals surface area contributed by atoms with E-state index in [2.05, 4.69) is 15.9 Å². The molecule has 2 aliphatic rings. The van der Waals surface area contributed by atoms with Gasteiger partial charge in [0.25, 0.3) is 5.91 Å². The van der Waals surface area contributed by atoms with Crippen LogP contribution in [0.2, 0.25) is 0 Å². The Morgan fingerprint density at radius 2 is 2.19 bits per heavy atom.